The second kappa shape index (κ2) is 8.78. The van der Waals surface area contributed by atoms with Crippen LogP contribution in [0.5, 0.6) is 5.88 Å². The largest absolute Gasteiger partial charge is 0.470 e. The zero-order valence-corrected chi connectivity index (χ0v) is 19.8. The van der Waals surface area contributed by atoms with Gasteiger partial charge in [-0.1, -0.05) is 44.5 Å². The molecule has 0 spiro atoms. The summed E-state index contributed by atoms with van der Waals surface area (Å²) in [6.45, 7) is 9.93. The lowest BCUT2D eigenvalue weighted by Crippen LogP contribution is -2.21. The van der Waals surface area contributed by atoms with Crippen molar-refractivity contribution in [3.05, 3.63) is 81.4 Å². The number of benzene rings is 1. The zero-order chi connectivity index (χ0) is 23.8. The van der Waals surface area contributed by atoms with Crippen LogP contribution in [0.2, 0.25) is 5.02 Å². The number of nitrogens with zero attached hydrogens (tertiary/aromatic N) is 5. The Morgan fingerprint density at radius 3 is 2.61 bits per heavy atom. The van der Waals surface area contributed by atoms with Gasteiger partial charge >= 0.3 is 0 Å². The summed E-state index contributed by atoms with van der Waals surface area (Å²) in [5.41, 5.74) is 3.13. The van der Waals surface area contributed by atoms with E-state index in [1.807, 2.05) is 31.2 Å². The molecule has 0 N–H and O–H groups in total. The third kappa shape index (κ3) is 4.80. The molecule has 0 amide bonds. The fraction of sp³-hybridized carbons (Fsp3) is 0.292. The lowest BCUT2D eigenvalue weighted by atomic mass is 9.95. The van der Waals surface area contributed by atoms with E-state index in [1.165, 1.54) is 17.2 Å². The molecular weight excluding hydrogens is 442 g/mol. The van der Waals surface area contributed by atoms with Crippen LogP contribution in [0.4, 0.5) is 0 Å². The van der Waals surface area contributed by atoms with Gasteiger partial charge < -0.3 is 9.15 Å². The maximum atomic E-state index is 13.0. The molecule has 33 heavy (non-hydrogen) atoms. The summed E-state index contributed by atoms with van der Waals surface area (Å²) in [7, 11) is 0. The summed E-state index contributed by atoms with van der Waals surface area (Å²) in [5.74, 6) is 1.31. The normalized spacial score (nSPS) is 11.6. The highest BCUT2D eigenvalue weighted by Gasteiger charge is 2.19. The Morgan fingerprint density at radius 1 is 1.12 bits per heavy atom. The summed E-state index contributed by atoms with van der Waals surface area (Å²) in [6.07, 6.45) is 4.64. The van der Waals surface area contributed by atoms with Crippen molar-refractivity contribution < 1.29 is 9.15 Å². The lowest BCUT2D eigenvalue weighted by molar-refractivity contribution is 0.287. The van der Waals surface area contributed by atoms with Crippen LogP contribution in [0, 0.1) is 13.8 Å². The first-order chi connectivity index (χ1) is 15.6. The van der Waals surface area contributed by atoms with E-state index in [4.69, 9.17) is 25.7 Å². The molecule has 0 bridgehead atoms. The molecule has 8 nitrogen and oxygen atoms in total. The van der Waals surface area contributed by atoms with Gasteiger partial charge in [-0.3, -0.25) is 9.36 Å². The van der Waals surface area contributed by atoms with Crippen molar-refractivity contribution in [3.63, 3.8) is 0 Å². The first kappa shape index (κ1) is 22.7. The molecule has 0 saturated carbocycles. The molecule has 4 aromatic rings. The van der Waals surface area contributed by atoms with E-state index in [1.54, 1.807) is 13.1 Å². The van der Waals surface area contributed by atoms with Gasteiger partial charge in [-0.25, -0.2) is 19.9 Å². The Morgan fingerprint density at radius 2 is 1.91 bits per heavy atom. The van der Waals surface area contributed by atoms with Gasteiger partial charge in [-0.15, -0.1) is 0 Å². The maximum absolute atomic E-state index is 13.0. The topological polar surface area (TPSA) is 95.9 Å². The number of hydrogen-bond donors (Lipinski definition) is 0. The molecule has 3 heterocycles. The number of ether oxygens (including phenoxy) is 1. The summed E-state index contributed by atoms with van der Waals surface area (Å²) in [4.78, 5) is 30.6. The molecule has 0 radical (unpaired) electrons. The van der Waals surface area contributed by atoms with E-state index >= 15 is 0 Å². The molecule has 4 rings (SSSR count). The van der Waals surface area contributed by atoms with E-state index < -0.39 is 5.56 Å². The molecule has 1 aromatic carbocycles. The number of aromatic nitrogens is 5. The van der Waals surface area contributed by atoms with Crippen LogP contribution in [0.25, 0.3) is 16.9 Å². The molecule has 0 aliphatic carbocycles. The Labute approximate surface area is 196 Å². The summed E-state index contributed by atoms with van der Waals surface area (Å²) < 4.78 is 12.1. The summed E-state index contributed by atoms with van der Waals surface area (Å²) in [5, 5.41) is -0.112. The zero-order valence-electron chi connectivity index (χ0n) is 19.1. The van der Waals surface area contributed by atoms with Crippen molar-refractivity contribution in [3.8, 4) is 22.8 Å². The number of aryl methyl sites for hydroxylation is 2. The fourth-order valence-electron chi connectivity index (χ4n) is 3.21. The van der Waals surface area contributed by atoms with E-state index in [0.29, 0.717) is 17.3 Å². The second-order valence-corrected chi connectivity index (χ2v) is 9.08. The van der Waals surface area contributed by atoms with Gasteiger partial charge in [0.2, 0.25) is 5.88 Å². The van der Waals surface area contributed by atoms with Crippen molar-refractivity contribution >= 4 is 11.6 Å². The first-order valence-electron chi connectivity index (χ1n) is 10.4. The molecule has 9 heteroatoms. The number of rotatable bonds is 5. The van der Waals surface area contributed by atoms with E-state index in [-0.39, 0.29) is 22.9 Å². The molecule has 170 valence electrons. The number of halogens is 1. The van der Waals surface area contributed by atoms with Crippen LogP contribution in [-0.2, 0) is 12.0 Å². The van der Waals surface area contributed by atoms with Crippen molar-refractivity contribution in [2.24, 2.45) is 0 Å². The highest BCUT2D eigenvalue weighted by molar-refractivity contribution is 6.31. The van der Waals surface area contributed by atoms with Crippen LogP contribution < -0.4 is 10.3 Å². The Balaban J connectivity index is 1.68. The van der Waals surface area contributed by atoms with Crippen LogP contribution >= 0.6 is 11.6 Å². The van der Waals surface area contributed by atoms with Crippen molar-refractivity contribution in [2.75, 3.05) is 0 Å². The predicted molar refractivity (Wildman–Crippen MR) is 125 cm³/mol. The van der Waals surface area contributed by atoms with Crippen molar-refractivity contribution in [1.82, 2.24) is 24.5 Å². The molecule has 0 unspecified atom stereocenters. The maximum Gasteiger partial charge on any atom is 0.280 e. The SMILES string of the molecule is Cc1nc(COc2ncn(-c3cc(-c4ccnc(C(C)(C)C)n4)ccc3C)c(=O)c2Cl)co1. The quantitative estimate of drug-likeness (QED) is 0.416. The molecule has 3 aromatic heterocycles. The van der Waals surface area contributed by atoms with Gasteiger partial charge in [-0.05, 0) is 24.6 Å². The minimum atomic E-state index is -0.434. The second-order valence-electron chi connectivity index (χ2n) is 8.70. The van der Waals surface area contributed by atoms with Gasteiger partial charge in [0.1, 0.15) is 30.7 Å². The molecule has 0 saturated heterocycles. The van der Waals surface area contributed by atoms with Crippen molar-refractivity contribution in [1.29, 1.82) is 0 Å². The first-order valence-corrected chi connectivity index (χ1v) is 10.8. The van der Waals surface area contributed by atoms with Gasteiger partial charge in [0, 0.05) is 24.1 Å². The van der Waals surface area contributed by atoms with E-state index in [0.717, 1.165) is 22.6 Å². The van der Waals surface area contributed by atoms with Gasteiger partial charge in [0.25, 0.3) is 5.56 Å². The predicted octanol–water partition coefficient (Wildman–Crippen LogP) is 4.82. The van der Waals surface area contributed by atoms with Gasteiger partial charge in [-0.2, -0.15) is 0 Å². The molecule has 0 aliphatic rings. The third-order valence-corrected chi connectivity index (χ3v) is 5.32. The lowest BCUT2D eigenvalue weighted by Gasteiger charge is -2.17. The van der Waals surface area contributed by atoms with E-state index in [9.17, 15) is 4.79 Å². The van der Waals surface area contributed by atoms with E-state index in [2.05, 4.69) is 35.7 Å². The average Bonchev–Trinajstić information content (AvgIpc) is 3.20. The van der Waals surface area contributed by atoms with Gasteiger partial charge in [0.05, 0.1) is 11.4 Å². The standard InChI is InChI=1S/C24H24ClN5O3/c1-14-6-7-16(18-8-9-26-23(29-18)24(3,4)5)10-19(14)30-13-27-21(20(25)22(30)31)33-12-17-11-32-15(2)28-17/h6-11,13H,12H2,1-5H3. The van der Waals surface area contributed by atoms with Crippen LogP contribution in [0.15, 0.2) is 52.3 Å². The fourth-order valence-corrected chi connectivity index (χ4v) is 3.41. The Bertz CT molecular complexity index is 1370. The third-order valence-electron chi connectivity index (χ3n) is 5.00. The number of oxazole rings is 1. The van der Waals surface area contributed by atoms with Gasteiger partial charge in [0.15, 0.2) is 10.9 Å². The number of hydrogen-bond acceptors (Lipinski definition) is 7. The molecule has 0 aliphatic heterocycles. The highest BCUT2D eigenvalue weighted by atomic mass is 35.5. The Kier molecular flexibility index (Phi) is 6.03. The summed E-state index contributed by atoms with van der Waals surface area (Å²) >= 11 is 6.31. The monoisotopic (exact) mass is 465 g/mol. The van der Waals surface area contributed by atoms with Crippen molar-refractivity contribution in [2.45, 2.75) is 46.6 Å². The highest BCUT2D eigenvalue weighted by Crippen LogP contribution is 2.26. The van der Waals surface area contributed by atoms with Crippen LogP contribution in [-0.4, -0.2) is 24.5 Å². The minimum absolute atomic E-state index is 0.0398. The molecule has 0 atom stereocenters. The van der Waals surface area contributed by atoms with Crippen LogP contribution in [0.3, 0.4) is 0 Å². The smallest absolute Gasteiger partial charge is 0.280 e. The molecule has 0 fully saturated rings. The minimum Gasteiger partial charge on any atom is -0.470 e. The van der Waals surface area contributed by atoms with Crippen LogP contribution in [0.1, 0.15) is 43.7 Å². The average molecular weight is 466 g/mol. The molecular formula is C24H24ClN5O3. The Hall–Kier alpha value is -3.52. The summed E-state index contributed by atoms with van der Waals surface area (Å²) in [6, 6.07) is 7.63.